The van der Waals surface area contributed by atoms with Crippen molar-refractivity contribution in [3.05, 3.63) is 42.2 Å². The molecule has 0 saturated carbocycles. The lowest BCUT2D eigenvalue weighted by molar-refractivity contribution is -0.138. The summed E-state index contributed by atoms with van der Waals surface area (Å²) in [6, 6.07) is 5.20. The predicted molar refractivity (Wildman–Crippen MR) is 80.9 cm³/mol. The number of carbonyl (C=O) groups excluding carboxylic acids is 2. The fourth-order valence-corrected chi connectivity index (χ4v) is 1.74. The third-order valence-corrected chi connectivity index (χ3v) is 2.86. The van der Waals surface area contributed by atoms with E-state index in [0.717, 1.165) is 43.9 Å². The maximum Gasteiger partial charge on any atom is 0.336 e. The van der Waals surface area contributed by atoms with Crippen LogP contribution in [0.1, 0.15) is 39.0 Å². The predicted octanol–water partition coefficient (Wildman–Crippen LogP) is 3.80. The SMILES string of the molecule is CCCCCCCOC(=O)/C=C/C(=O)Oc1cccc(F)c1. The van der Waals surface area contributed by atoms with Gasteiger partial charge >= 0.3 is 11.9 Å². The average Bonchev–Trinajstić information content (AvgIpc) is 2.49. The summed E-state index contributed by atoms with van der Waals surface area (Å²) in [5.41, 5.74) is 0. The highest BCUT2D eigenvalue weighted by Gasteiger charge is 2.03. The first-order valence-electron chi connectivity index (χ1n) is 7.44. The highest BCUT2D eigenvalue weighted by atomic mass is 19.1. The molecule has 0 N–H and O–H groups in total. The normalized spacial score (nSPS) is 10.6. The van der Waals surface area contributed by atoms with Crippen LogP contribution >= 0.6 is 0 Å². The molecule has 0 aliphatic carbocycles. The number of unbranched alkanes of at least 4 members (excludes halogenated alkanes) is 4. The largest absolute Gasteiger partial charge is 0.463 e. The van der Waals surface area contributed by atoms with Crippen LogP contribution in [0, 0.1) is 5.82 Å². The number of esters is 2. The lowest BCUT2D eigenvalue weighted by Gasteiger charge is -2.02. The van der Waals surface area contributed by atoms with E-state index in [0.29, 0.717) is 6.61 Å². The van der Waals surface area contributed by atoms with Crippen molar-refractivity contribution in [2.45, 2.75) is 39.0 Å². The summed E-state index contributed by atoms with van der Waals surface area (Å²) < 4.78 is 22.7. The van der Waals surface area contributed by atoms with Crippen molar-refractivity contribution < 1.29 is 23.5 Å². The molecular weight excluding hydrogens is 287 g/mol. The molecule has 0 amide bonds. The van der Waals surface area contributed by atoms with Crippen LogP contribution in [0.25, 0.3) is 0 Å². The van der Waals surface area contributed by atoms with Crippen LogP contribution in [0.3, 0.4) is 0 Å². The van der Waals surface area contributed by atoms with E-state index < -0.39 is 17.8 Å². The highest BCUT2D eigenvalue weighted by Crippen LogP contribution is 2.12. The molecule has 0 aliphatic rings. The Morgan fingerprint density at radius 1 is 1.09 bits per heavy atom. The van der Waals surface area contributed by atoms with Gasteiger partial charge in [0.05, 0.1) is 6.61 Å². The minimum Gasteiger partial charge on any atom is -0.463 e. The van der Waals surface area contributed by atoms with E-state index in [4.69, 9.17) is 9.47 Å². The van der Waals surface area contributed by atoms with Gasteiger partial charge in [0.1, 0.15) is 11.6 Å². The first kappa shape index (κ1) is 17.9. The Labute approximate surface area is 129 Å². The zero-order valence-corrected chi connectivity index (χ0v) is 12.7. The van der Waals surface area contributed by atoms with Crippen molar-refractivity contribution >= 4 is 11.9 Å². The second kappa shape index (κ2) is 10.5. The molecule has 0 bridgehead atoms. The summed E-state index contributed by atoms with van der Waals surface area (Å²) in [4.78, 5) is 22.8. The molecule has 1 aromatic carbocycles. The van der Waals surface area contributed by atoms with Crippen LogP contribution in [0.2, 0.25) is 0 Å². The quantitative estimate of drug-likeness (QED) is 0.301. The second-order valence-electron chi connectivity index (χ2n) is 4.79. The number of carbonyl (C=O) groups is 2. The van der Waals surface area contributed by atoms with Crippen molar-refractivity contribution in [1.29, 1.82) is 0 Å². The zero-order chi connectivity index (χ0) is 16.2. The Kier molecular flexibility index (Phi) is 8.57. The standard InChI is InChI=1S/C17H21FO4/c1-2-3-4-5-6-12-21-16(19)10-11-17(20)22-15-9-7-8-14(18)13-15/h7-11,13H,2-6,12H2,1H3/b11-10+. The van der Waals surface area contributed by atoms with Crippen LogP contribution in [0.15, 0.2) is 36.4 Å². The average molecular weight is 308 g/mol. The number of ether oxygens (including phenoxy) is 2. The molecule has 0 aromatic heterocycles. The molecule has 0 heterocycles. The van der Waals surface area contributed by atoms with Gasteiger partial charge in [-0.25, -0.2) is 14.0 Å². The Morgan fingerprint density at radius 2 is 1.82 bits per heavy atom. The minimum atomic E-state index is -0.759. The molecular formula is C17H21FO4. The summed E-state index contributed by atoms with van der Waals surface area (Å²) >= 11 is 0. The van der Waals surface area contributed by atoms with Gasteiger partial charge in [-0.3, -0.25) is 0 Å². The first-order valence-corrected chi connectivity index (χ1v) is 7.44. The third-order valence-electron chi connectivity index (χ3n) is 2.86. The monoisotopic (exact) mass is 308 g/mol. The number of hydrogen-bond donors (Lipinski definition) is 0. The number of hydrogen-bond acceptors (Lipinski definition) is 4. The summed E-state index contributed by atoms with van der Waals surface area (Å²) in [7, 11) is 0. The number of rotatable bonds is 9. The molecule has 0 radical (unpaired) electrons. The molecule has 0 fully saturated rings. The lowest BCUT2D eigenvalue weighted by Crippen LogP contribution is -2.07. The van der Waals surface area contributed by atoms with Gasteiger partial charge in [-0.2, -0.15) is 0 Å². The Balaban J connectivity index is 2.22. The van der Waals surface area contributed by atoms with Crippen molar-refractivity contribution in [2.24, 2.45) is 0 Å². The molecule has 0 unspecified atom stereocenters. The van der Waals surface area contributed by atoms with E-state index in [1.54, 1.807) is 0 Å². The maximum atomic E-state index is 12.9. The Hall–Kier alpha value is -2.17. The van der Waals surface area contributed by atoms with Gasteiger partial charge in [0, 0.05) is 18.2 Å². The molecule has 0 saturated heterocycles. The van der Waals surface area contributed by atoms with Gasteiger partial charge in [-0.1, -0.05) is 38.7 Å². The smallest absolute Gasteiger partial charge is 0.336 e. The maximum absolute atomic E-state index is 12.9. The van der Waals surface area contributed by atoms with Gasteiger partial charge in [0.15, 0.2) is 0 Å². The molecule has 0 spiro atoms. The number of benzene rings is 1. The molecule has 5 heteroatoms. The van der Waals surface area contributed by atoms with Crippen LogP contribution in [-0.2, 0) is 14.3 Å². The molecule has 4 nitrogen and oxygen atoms in total. The second-order valence-corrected chi connectivity index (χ2v) is 4.79. The van der Waals surface area contributed by atoms with E-state index in [2.05, 4.69) is 6.92 Å². The fraction of sp³-hybridized carbons (Fsp3) is 0.412. The zero-order valence-electron chi connectivity index (χ0n) is 12.7. The summed E-state index contributed by atoms with van der Waals surface area (Å²) in [5, 5.41) is 0. The topological polar surface area (TPSA) is 52.6 Å². The van der Waals surface area contributed by atoms with Crippen LogP contribution in [0.5, 0.6) is 5.75 Å². The Morgan fingerprint density at radius 3 is 2.55 bits per heavy atom. The molecule has 0 aliphatic heterocycles. The van der Waals surface area contributed by atoms with E-state index in [1.165, 1.54) is 24.6 Å². The van der Waals surface area contributed by atoms with Crippen molar-refractivity contribution in [3.8, 4) is 5.75 Å². The summed E-state index contributed by atoms with van der Waals surface area (Å²) in [5.74, 6) is -1.77. The van der Waals surface area contributed by atoms with Crippen molar-refractivity contribution in [1.82, 2.24) is 0 Å². The van der Waals surface area contributed by atoms with Crippen molar-refractivity contribution in [2.75, 3.05) is 6.61 Å². The van der Waals surface area contributed by atoms with E-state index in [9.17, 15) is 14.0 Å². The van der Waals surface area contributed by atoms with E-state index in [-0.39, 0.29) is 5.75 Å². The van der Waals surface area contributed by atoms with Crippen LogP contribution in [-0.4, -0.2) is 18.5 Å². The molecule has 22 heavy (non-hydrogen) atoms. The first-order chi connectivity index (χ1) is 10.6. The number of halogens is 1. The fourth-order valence-electron chi connectivity index (χ4n) is 1.74. The third kappa shape index (κ3) is 8.19. The van der Waals surface area contributed by atoms with Gasteiger partial charge in [-0.05, 0) is 18.6 Å². The van der Waals surface area contributed by atoms with Gasteiger partial charge in [-0.15, -0.1) is 0 Å². The Bertz CT molecular complexity index is 511. The van der Waals surface area contributed by atoms with Crippen molar-refractivity contribution in [3.63, 3.8) is 0 Å². The van der Waals surface area contributed by atoms with Crippen LogP contribution < -0.4 is 4.74 Å². The van der Waals surface area contributed by atoms with E-state index in [1.807, 2.05) is 0 Å². The molecule has 1 aromatic rings. The van der Waals surface area contributed by atoms with Gasteiger partial charge < -0.3 is 9.47 Å². The highest BCUT2D eigenvalue weighted by molar-refractivity contribution is 5.92. The van der Waals surface area contributed by atoms with E-state index >= 15 is 0 Å². The molecule has 0 atom stereocenters. The lowest BCUT2D eigenvalue weighted by atomic mass is 10.2. The summed E-state index contributed by atoms with van der Waals surface area (Å²) in [6.07, 6.45) is 7.28. The van der Waals surface area contributed by atoms with Crippen LogP contribution in [0.4, 0.5) is 4.39 Å². The van der Waals surface area contributed by atoms with Gasteiger partial charge in [0.2, 0.25) is 0 Å². The minimum absolute atomic E-state index is 0.0824. The van der Waals surface area contributed by atoms with Gasteiger partial charge in [0.25, 0.3) is 0 Å². The molecule has 1 rings (SSSR count). The summed E-state index contributed by atoms with van der Waals surface area (Å²) in [6.45, 7) is 2.47. The molecule has 120 valence electrons.